The van der Waals surface area contributed by atoms with E-state index in [0.717, 1.165) is 11.5 Å². The second-order valence-corrected chi connectivity index (χ2v) is 6.09. The Morgan fingerprint density at radius 2 is 1.79 bits per heavy atom. The van der Waals surface area contributed by atoms with Gasteiger partial charge in [-0.15, -0.1) is 0 Å². The largest absolute Gasteiger partial charge is 0.457 e. The zero-order valence-corrected chi connectivity index (χ0v) is 12.4. The van der Waals surface area contributed by atoms with E-state index in [2.05, 4.69) is 34.1 Å². The van der Waals surface area contributed by atoms with E-state index in [4.69, 9.17) is 4.74 Å². The average molecular weight is 317 g/mol. The van der Waals surface area contributed by atoms with Gasteiger partial charge in [0.1, 0.15) is 11.5 Å². The molecule has 1 unspecified atom stereocenters. The molecule has 0 N–H and O–H groups in total. The molecule has 0 saturated carbocycles. The van der Waals surface area contributed by atoms with Crippen LogP contribution in [0.3, 0.4) is 0 Å². The van der Waals surface area contributed by atoms with Crippen molar-refractivity contribution in [3.63, 3.8) is 0 Å². The summed E-state index contributed by atoms with van der Waals surface area (Å²) < 4.78 is 5.91. The first-order valence-corrected chi connectivity index (χ1v) is 7.74. The van der Waals surface area contributed by atoms with Gasteiger partial charge in [0.25, 0.3) is 0 Å². The third kappa shape index (κ3) is 3.01. The minimum atomic E-state index is 0.462. The van der Waals surface area contributed by atoms with Crippen molar-refractivity contribution < 1.29 is 4.74 Å². The molecule has 1 nitrogen and oxygen atoms in total. The highest BCUT2D eigenvalue weighted by Crippen LogP contribution is 2.37. The Kier molecular flexibility index (Phi) is 3.88. The first-order valence-electron chi connectivity index (χ1n) is 6.83. The highest BCUT2D eigenvalue weighted by molar-refractivity contribution is 9.09. The topological polar surface area (TPSA) is 9.23 Å². The lowest BCUT2D eigenvalue weighted by Gasteiger charge is -2.13. The van der Waals surface area contributed by atoms with Gasteiger partial charge in [-0.25, -0.2) is 0 Å². The van der Waals surface area contributed by atoms with Gasteiger partial charge in [0.05, 0.1) is 0 Å². The Morgan fingerprint density at radius 1 is 0.947 bits per heavy atom. The van der Waals surface area contributed by atoms with E-state index in [1.165, 1.54) is 36.8 Å². The predicted octanol–water partition coefficient (Wildman–Crippen LogP) is 5.64. The van der Waals surface area contributed by atoms with Crippen molar-refractivity contribution in [3.8, 4) is 11.5 Å². The van der Waals surface area contributed by atoms with Crippen LogP contribution in [0.25, 0.3) is 0 Å². The summed E-state index contributed by atoms with van der Waals surface area (Å²) in [4.78, 5) is 0.462. The van der Waals surface area contributed by atoms with Crippen LogP contribution in [0.5, 0.6) is 11.5 Å². The molecular weight excluding hydrogens is 300 g/mol. The predicted molar refractivity (Wildman–Crippen MR) is 82.2 cm³/mol. The molecular formula is C17H17BrO. The summed E-state index contributed by atoms with van der Waals surface area (Å²) in [6.07, 6.45) is 4.97. The van der Waals surface area contributed by atoms with Crippen LogP contribution >= 0.6 is 15.9 Å². The number of aryl methyl sites for hydroxylation is 1. The van der Waals surface area contributed by atoms with Crippen LogP contribution in [-0.2, 0) is 6.42 Å². The lowest BCUT2D eigenvalue weighted by molar-refractivity contribution is 0.481. The summed E-state index contributed by atoms with van der Waals surface area (Å²) in [5, 5.41) is 0. The second-order valence-electron chi connectivity index (χ2n) is 4.99. The quantitative estimate of drug-likeness (QED) is 0.514. The Morgan fingerprint density at radius 3 is 2.63 bits per heavy atom. The number of halogens is 1. The summed E-state index contributed by atoms with van der Waals surface area (Å²) in [6.45, 7) is 0. The van der Waals surface area contributed by atoms with Crippen LogP contribution in [0.15, 0.2) is 48.5 Å². The molecule has 19 heavy (non-hydrogen) atoms. The maximum Gasteiger partial charge on any atom is 0.127 e. The summed E-state index contributed by atoms with van der Waals surface area (Å²) in [6, 6.07) is 16.4. The fourth-order valence-corrected chi connectivity index (χ4v) is 3.32. The van der Waals surface area contributed by atoms with Gasteiger partial charge in [-0.2, -0.15) is 0 Å². The minimum Gasteiger partial charge on any atom is -0.457 e. The fraction of sp³-hybridized carbons (Fsp3) is 0.294. The number of alkyl halides is 1. The second kappa shape index (κ2) is 5.79. The third-order valence-electron chi connectivity index (χ3n) is 3.59. The zero-order chi connectivity index (χ0) is 13.1. The maximum atomic E-state index is 5.91. The lowest BCUT2D eigenvalue weighted by atomic mass is 10.0. The summed E-state index contributed by atoms with van der Waals surface area (Å²) >= 11 is 3.80. The van der Waals surface area contributed by atoms with Crippen LogP contribution in [0.1, 0.15) is 35.2 Å². The number of para-hydroxylation sites is 1. The van der Waals surface area contributed by atoms with Gasteiger partial charge in [0.2, 0.25) is 0 Å². The lowest BCUT2D eigenvalue weighted by Crippen LogP contribution is -1.94. The SMILES string of the molecule is BrC1CCCCc2ccc(Oc3ccccc3)cc21. The molecule has 2 aromatic carbocycles. The molecule has 0 aliphatic heterocycles. The molecule has 3 rings (SSSR count). The molecule has 0 heterocycles. The average Bonchev–Trinajstić information content (AvgIpc) is 2.62. The van der Waals surface area contributed by atoms with Crippen LogP contribution in [-0.4, -0.2) is 0 Å². The van der Waals surface area contributed by atoms with Crippen molar-refractivity contribution in [2.24, 2.45) is 0 Å². The third-order valence-corrected chi connectivity index (χ3v) is 4.54. The van der Waals surface area contributed by atoms with Crippen molar-refractivity contribution in [2.45, 2.75) is 30.5 Å². The van der Waals surface area contributed by atoms with E-state index in [-0.39, 0.29) is 0 Å². The first kappa shape index (κ1) is 12.7. The van der Waals surface area contributed by atoms with Gasteiger partial charge < -0.3 is 4.74 Å². The summed E-state index contributed by atoms with van der Waals surface area (Å²) in [7, 11) is 0. The number of hydrogen-bond acceptors (Lipinski definition) is 1. The van der Waals surface area contributed by atoms with Crippen LogP contribution in [0.4, 0.5) is 0 Å². The number of rotatable bonds is 2. The van der Waals surface area contributed by atoms with Crippen molar-refractivity contribution in [3.05, 3.63) is 59.7 Å². The van der Waals surface area contributed by atoms with Gasteiger partial charge in [-0.05, 0) is 54.7 Å². The molecule has 98 valence electrons. The van der Waals surface area contributed by atoms with Crippen molar-refractivity contribution in [1.29, 1.82) is 0 Å². The van der Waals surface area contributed by atoms with Gasteiger partial charge in [0, 0.05) is 4.83 Å². The smallest absolute Gasteiger partial charge is 0.127 e. The van der Waals surface area contributed by atoms with Crippen molar-refractivity contribution in [2.75, 3.05) is 0 Å². The molecule has 1 aliphatic rings. The van der Waals surface area contributed by atoms with Crippen molar-refractivity contribution >= 4 is 15.9 Å². The highest BCUT2D eigenvalue weighted by Gasteiger charge is 2.16. The Balaban J connectivity index is 1.88. The van der Waals surface area contributed by atoms with Crippen LogP contribution < -0.4 is 4.74 Å². The zero-order valence-electron chi connectivity index (χ0n) is 10.8. The Hall–Kier alpha value is -1.28. The Labute approximate surface area is 122 Å². The van der Waals surface area contributed by atoms with Crippen LogP contribution in [0, 0.1) is 0 Å². The van der Waals surface area contributed by atoms with E-state index in [1.807, 2.05) is 30.3 Å². The Bertz CT molecular complexity index is 550. The first-order chi connectivity index (χ1) is 9.33. The number of benzene rings is 2. The number of fused-ring (bicyclic) bond motifs is 1. The normalized spacial score (nSPS) is 18.5. The molecule has 0 bridgehead atoms. The highest BCUT2D eigenvalue weighted by atomic mass is 79.9. The molecule has 1 aliphatic carbocycles. The number of ether oxygens (including phenoxy) is 1. The molecule has 2 aromatic rings. The van der Waals surface area contributed by atoms with E-state index >= 15 is 0 Å². The van der Waals surface area contributed by atoms with E-state index in [1.54, 1.807) is 0 Å². The summed E-state index contributed by atoms with van der Waals surface area (Å²) in [5.41, 5.74) is 2.85. The monoisotopic (exact) mass is 316 g/mol. The number of hydrogen-bond donors (Lipinski definition) is 0. The standard InChI is InChI=1S/C17H17BrO/c18-17-9-5-4-6-13-10-11-15(12-16(13)17)19-14-7-2-1-3-8-14/h1-3,7-8,10-12,17H,4-6,9H2. The molecule has 0 fully saturated rings. The van der Waals surface area contributed by atoms with Gasteiger partial charge in [-0.3, -0.25) is 0 Å². The maximum absolute atomic E-state index is 5.91. The molecule has 0 aromatic heterocycles. The molecule has 0 amide bonds. The van der Waals surface area contributed by atoms with Gasteiger partial charge in [0.15, 0.2) is 0 Å². The molecule has 0 spiro atoms. The van der Waals surface area contributed by atoms with Crippen molar-refractivity contribution in [1.82, 2.24) is 0 Å². The summed E-state index contributed by atoms with van der Waals surface area (Å²) in [5.74, 6) is 1.82. The van der Waals surface area contributed by atoms with E-state index in [9.17, 15) is 0 Å². The van der Waals surface area contributed by atoms with Crippen LogP contribution in [0.2, 0.25) is 0 Å². The molecule has 0 radical (unpaired) electrons. The van der Waals surface area contributed by atoms with Gasteiger partial charge in [-0.1, -0.05) is 46.6 Å². The molecule has 0 saturated heterocycles. The van der Waals surface area contributed by atoms with E-state index in [0.29, 0.717) is 4.83 Å². The minimum absolute atomic E-state index is 0.462. The molecule has 1 atom stereocenters. The molecule has 2 heteroatoms. The van der Waals surface area contributed by atoms with E-state index < -0.39 is 0 Å². The van der Waals surface area contributed by atoms with Gasteiger partial charge >= 0.3 is 0 Å². The fourth-order valence-electron chi connectivity index (χ4n) is 2.57.